The first-order valence-corrected chi connectivity index (χ1v) is 6.56. The van der Waals surface area contributed by atoms with Gasteiger partial charge in [0.2, 0.25) is 11.8 Å². The van der Waals surface area contributed by atoms with Crippen LogP contribution < -0.4 is 16.4 Å². The van der Waals surface area contributed by atoms with Gasteiger partial charge in [0.25, 0.3) is 0 Å². The lowest BCUT2D eigenvalue weighted by Gasteiger charge is -2.08. The number of nitrogens with two attached hydrogens (primary N) is 1. The number of nitrogens with one attached hydrogen (secondary N) is 2. The Hall–Kier alpha value is -1.59. The molecule has 5 nitrogen and oxygen atoms in total. The average Bonchev–Trinajstić information content (AvgIpc) is 3.15. The highest BCUT2D eigenvalue weighted by molar-refractivity contribution is 6.33. The molecule has 102 valence electrons. The number of anilines is 1. The van der Waals surface area contributed by atoms with E-state index in [9.17, 15) is 9.59 Å². The molecule has 2 rings (SSSR count). The van der Waals surface area contributed by atoms with Gasteiger partial charge < -0.3 is 16.4 Å². The van der Waals surface area contributed by atoms with Crippen LogP contribution in [-0.2, 0) is 4.79 Å². The highest BCUT2D eigenvalue weighted by Crippen LogP contribution is 2.23. The fraction of sp³-hybridized carbons (Fsp3) is 0.385. The molecule has 1 fully saturated rings. The molecule has 1 aromatic carbocycles. The number of primary amides is 1. The van der Waals surface area contributed by atoms with Crippen molar-refractivity contribution in [2.24, 2.45) is 5.73 Å². The van der Waals surface area contributed by atoms with Crippen molar-refractivity contribution < 1.29 is 9.59 Å². The number of hydrogen-bond acceptors (Lipinski definition) is 3. The first-order chi connectivity index (χ1) is 9.06. The molecule has 0 heterocycles. The van der Waals surface area contributed by atoms with E-state index in [1.54, 1.807) is 6.07 Å². The van der Waals surface area contributed by atoms with Crippen LogP contribution in [-0.4, -0.2) is 24.4 Å². The Bertz CT molecular complexity index is 501. The average molecular weight is 282 g/mol. The van der Waals surface area contributed by atoms with Gasteiger partial charge in [-0.15, -0.1) is 0 Å². The number of carbonyl (C=O) groups excluding carboxylic acids is 2. The highest BCUT2D eigenvalue weighted by Gasteiger charge is 2.20. The van der Waals surface area contributed by atoms with Crippen LogP contribution in [0.2, 0.25) is 5.02 Å². The quantitative estimate of drug-likeness (QED) is 0.739. The molecular weight excluding hydrogens is 266 g/mol. The number of halogens is 1. The van der Waals surface area contributed by atoms with Crippen LogP contribution in [0.4, 0.5) is 5.69 Å². The van der Waals surface area contributed by atoms with Gasteiger partial charge in [-0.25, -0.2) is 0 Å². The van der Waals surface area contributed by atoms with Crippen molar-refractivity contribution >= 4 is 29.1 Å². The topological polar surface area (TPSA) is 84.2 Å². The van der Waals surface area contributed by atoms with Crippen LogP contribution in [0.5, 0.6) is 0 Å². The van der Waals surface area contributed by atoms with Crippen molar-refractivity contribution in [1.29, 1.82) is 0 Å². The summed E-state index contributed by atoms with van der Waals surface area (Å²) in [5, 5.41) is 6.31. The normalized spacial score (nSPS) is 14.2. The Balaban J connectivity index is 1.90. The van der Waals surface area contributed by atoms with Gasteiger partial charge >= 0.3 is 0 Å². The molecule has 0 spiro atoms. The van der Waals surface area contributed by atoms with E-state index in [0.29, 0.717) is 35.3 Å². The molecule has 0 atom stereocenters. The third-order valence-corrected chi connectivity index (χ3v) is 3.22. The fourth-order valence-electron chi connectivity index (χ4n) is 1.66. The molecule has 0 radical (unpaired) electrons. The van der Waals surface area contributed by atoms with E-state index in [4.69, 9.17) is 17.3 Å². The molecule has 0 unspecified atom stereocenters. The van der Waals surface area contributed by atoms with Gasteiger partial charge in [0.05, 0.1) is 10.7 Å². The Kier molecular flexibility index (Phi) is 4.39. The third-order valence-electron chi connectivity index (χ3n) is 2.89. The number of hydrogen-bond donors (Lipinski definition) is 3. The van der Waals surface area contributed by atoms with Crippen molar-refractivity contribution in [3.8, 4) is 0 Å². The maximum atomic E-state index is 11.7. The Morgan fingerprint density at radius 1 is 1.37 bits per heavy atom. The number of carbonyl (C=O) groups is 2. The maximum Gasteiger partial charge on any atom is 0.248 e. The van der Waals surface area contributed by atoms with Gasteiger partial charge in [-0.3, -0.25) is 9.59 Å². The molecule has 1 saturated carbocycles. The van der Waals surface area contributed by atoms with Crippen LogP contribution in [0, 0.1) is 0 Å². The molecule has 19 heavy (non-hydrogen) atoms. The molecular formula is C13H16ClN3O2. The minimum absolute atomic E-state index is 0.142. The monoisotopic (exact) mass is 281 g/mol. The number of rotatable bonds is 6. The van der Waals surface area contributed by atoms with Crippen molar-refractivity contribution in [3.05, 3.63) is 28.8 Å². The van der Waals surface area contributed by atoms with Crippen LogP contribution in [0.3, 0.4) is 0 Å². The summed E-state index contributed by atoms with van der Waals surface area (Å²) < 4.78 is 0. The smallest absolute Gasteiger partial charge is 0.248 e. The first kappa shape index (κ1) is 13.8. The second kappa shape index (κ2) is 6.04. The van der Waals surface area contributed by atoms with E-state index in [-0.39, 0.29) is 5.91 Å². The minimum Gasteiger partial charge on any atom is -0.366 e. The zero-order valence-electron chi connectivity index (χ0n) is 10.4. The molecule has 1 aliphatic rings. The van der Waals surface area contributed by atoms with Crippen molar-refractivity contribution in [2.75, 3.05) is 11.9 Å². The summed E-state index contributed by atoms with van der Waals surface area (Å²) in [5.41, 5.74) is 5.91. The summed E-state index contributed by atoms with van der Waals surface area (Å²) >= 11 is 5.96. The standard InChI is InChI=1S/C13H16ClN3O2/c14-10-4-1-8(13(15)19)7-11(10)17-12(18)5-6-16-9-2-3-9/h1,4,7,9,16H,2-3,5-6H2,(H2,15,19)(H,17,18). The summed E-state index contributed by atoms with van der Waals surface area (Å²) in [6.07, 6.45) is 2.75. The van der Waals surface area contributed by atoms with Gasteiger partial charge in [-0.1, -0.05) is 11.6 Å². The Labute approximate surface area is 116 Å². The van der Waals surface area contributed by atoms with Crippen LogP contribution in [0.15, 0.2) is 18.2 Å². The minimum atomic E-state index is -0.553. The molecule has 1 aliphatic carbocycles. The second-order valence-corrected chi connectivity index (χ2v) is 4.99. The third kappa shape index (κ3) is 4.22. The lowest BCUT2D eigenvalue weighted by molar-refractivity contribution is -0.116. The van der Waals surface area contributed by atoms with Crippen LogP contribution >= 0.6 is 11.6 Å². The summed E-state index contributed by atoms with van der Waals surface area (Å²) in [6, 6.07) is 5.13. The largest absolute Gasteiger partial charge is 0.366 e. The SMILES string of the molecule is NC(=O)c1ccc(Cl)c(NC(=O)CCNC2CC2)c1. The van der Waals surface area contributed by atoms with Gasteiger partial charge in [0.15, 0.2) is 0 Å². The predicted molar refractivity (Wildman–Crippen MR) is 74.2 cm³/mol. The summed E-state index contributed by atoms with van der Waals surface area (Å²) in [4.78, 5) is 22.8. The van der Waals surface area contributed by atoms with E-state index in [2.05, 4.69) is 10.6 Å². The van der Waals surface area contributed by atoms with E-state index >= 15 is 0 Å². The summed E-state index contributed by atoms with van der Waals surface area (Å²) in [6.45, 7) is 0.642. The Morgan fingerprint density at radius 3 is 2.74 bits per heavy atom. The fourth-order valence-corrected chi connectivity index (χ4v) is 1.83. The second-order valence-electron chi connectivity index (χ2n) is 4.59. The number of benzene rings is 1. The molecule has 0 bridgehead atoms. The predicted octanol–water partition coefficient (Wildman–Crippen LogP) is 1.52. The van der Waals surface area contributed by atoms with Crippen LogP contribution in [0.1, 0.15) is 29.6 Å². The van der Waals surface area contributed by atoms with Gasteiger partial charge in [-0.05, 0) is 31.0 Å². The molecule has 2 amide bonds. The lowest BCUT2D eigenvalue weighted by atomic mass is 10.2. The molecule has 0 saturated heterocycles. The zero-order chi connectivity index (χ0) is 13.8. The highest BCUT2D eigenvalue weighted by atomic mass is 35.5. The van der Waals surface area contributed by atoms with Gasteiger partial charge in [0.1, 0.15) is 0 Å². The van der Waals surface area contributed by atoms with Crippen molar-refractivity contribution in [2.45, 2.75) is 25.3 Å². The van der Waals surface area contributed by atoms with Crippen molar-refractivity contribution in [3.63, 3.8) is 0 Å². The summed E-state index contributed by atoms with van der Waals surface area (Å²) in [7, 11) is 0. The van der Waals surface area contributed by atoms with Crippen LogP contribution in [0.25, 0.3) is 0 Å². The molecule has 0 aromatic heterocycles. The summed E-state index contributed by atoms with van der Waals surface area (Å²) in [5.74, 6) is -0.695. The van der Waals surface area contributed by atoms with E-state index < -0.39 is 5.91 Å². The van der Waals surface area contributed by atoms with Gasteiger partial charge in [0, 0.05) is 24.6 Å². The molecule has 4 N–H and O–H groups in total. The van der Waals surface area contributed by atoms with Gasteiger partial charge in [-0.2, -0.15) is 0 Å². The molecule has 6 heteroatoms. The first-order valence-electron chi connectivity index (χ1n) is 6.19. The number of amides is 2. The molecule has 0 aliphatic heterocycles. The molecule has 1 aromatic rings. The maximum absolute atomic E-state index is 11.7. The lowest BCUT2D eigenvalue weighted by Crippen LogP contribution is -2.23. The van der Waals surface area contributed by atoms with Crippen molar-refractivity contribution in [1.82, 2.24) is 5.32 Å². The zero-order valence-corrected chi connectivity index (χ0v) is 11.2. The Morgan fingerprint density at radius 2 is 2.11 bits per heavy atom. The van der Waals surface area contributed by atoms with E-state index in [1.165, 1.54) is 25.0 Å². The van der Waals surface area contributed by atoms with E-state index in [1.807, 2.05) is 0 Å². The van der Waals surface area contributed by atoms with E-state index in [0.717, 1.165) is 0 Å².